The van der Waals surface area contributed by atoms with Gasteiger partial charge < -0.3 is 10.1 Å². The summed E-state index contributed by atoms with van der Waals surface area (Å²) in [5, 5.41) is 7.04. The van der Waals surface area contributed by atoms with Gasteiger partial charge in [0.1, 0.15) is 12.4 Å². The maximum Gasteiger partial charge on any atom is 0.329 e. The molecule has 0 bridgehead atoms. The average molecular weight is 422 g/mol. The molecule has 0 fully saturated rings. The summed E-state index contributed by atoms with van der Waals surface area (Å²) < 4.78 is 5.83. The molecule has 7 heteroatoms. The molecule has 0 spiro atoms. The van der Waals surface area contributed by atoms with Gasteiger partial charge in [0.15, 0.2) is 0 Å². The molecule has 30 heavy (non-hydrogen) atoms. The number of nitrogens with one attached hydrogen (secondary N) is 2. The van der Waals surface area contributed by atoms with E-state index in [1.807, 2.05) is 49.4 Å². The molecule has 0 heterocycles. The number of anilines is 1. The highest BCUT2D eigenvalue weighted by molar-refractivity contribution is 6.39. The monoisotopic (exact) mass is 421 g/mol. The summed E-state index contributed by atoms with van der Waals surface area (Å²) in [7, 11) is 0. The second-order valence-electron chi connectivity index (χ2n) is 6.39. The summed E-state index contributed by atoms with van der Waals surface area (Å²) in [6.45, 7) is 2.13. The maximum absolute atomic E-state index is 12.0. The quantitative estimate of drug-likeness (QED) is 0.353. The van der Waals surface area contributed by atoms with E-state index in [-0.39, 0.29) is 6.61 Å². The van der Waals surface area contributed by atoms with Crippen LogP contribution in [0.5, 0.6) is 5.75 Å². The molecule has 0 unspecified atom stereocenters. The Labute approximate surface area is 179 Å². The Kier molecular flexibility index (Phi) is 7.19. The number of rotatable bonds is 6. The number of benzene rings is 3. The summed E-state index contributed by atoms with van der Waals surface area (Å²) in [4.78, 5) is 24.0. The van der Waals surface area contributed by atoms with E-state index in [1.54, 1.807) is 30.3 Å². The Morgan fingerprint density at radius 2 is 1.67 bits per heavy atom. The van der Waals surface area contributed by atoms with Crippen molar-refractivity contribution in [2.24, 2.45) is 5.10 Å². The zero-order valence-corrected chi connectivity index (χ0v) is 17.0. The van der Waals surface area contributed by atoms with Gasteiger partial charge in [-0.15, -0.1) is 0 Å². The third-order valence-corrected chi connectivity index (χ3v) is 4.60. The van der Waals surface area contributed by atoms with Gasteiger partial charge in [-0.25, -0.2) is 5.43 Å². The molecule has 0 radical (unpaired) electrons. The Bertz CT molecular complexity index is 1080. The normalized spacial score (nSPS) is 10.6. The second kappa shape index (κ2) is 10.2. The van der Waals surface area contributed by atoms with Crippen molar-refractivity contribution < 1.29 is 14.3 Å². The van der Waals surface area contributed by atoms with Crippen LogP contribution in [0.3, 0.4) is 0 Å². The minimum absolute atomic E-state index is 0.287. The van der Waals surface area contributed by atoms with Gasteiger partial charge in [0, 0.05) is 21.8 Å². The Hall–Kier alpha value is -3.64. The number of para-hydroxylation sites is 2. The lowest BCUT2D eigenvalue weighted by molar-refractivity contribution is -0.136. The summed E-state index contributed by atoms with van der Waals surface area (Å²) >= 11 is 6.15. The molecular formula is C23H20ClN3O3. The van der Waals surface area contributed by atoms with Gasteiger partial charge in [0.25, 0.3) is 0 Å². The fraction of sp³-hybridized carbons (Fsp3) is 0.0870. The molecule has 0 aliphatic carbocycles. The maximum atomic E-state index is 12.0. The van der Waals surface area contributed by atoms with Crippen molar-refractivity contribution >= 4 is 35.3 Å². The van der Waals surface area contributed by atoms with E-state index in [0.717, 1.165) is 11.1 Å². The molecular weight excluding hydrogens is 402 g/mol. The molecule has 3 rings (SSSR count). The van der Waals surface area contributed by atoms with Crippen LogP contribution in [0.25, 0.3) is 0 Å². The van der Waals surface area contributed by atoms with Gasteiger partial charge in [0.05, 0.1) is 6.21 Å². The van der Waals surface area contributed by atoms with Crippen molar-refractivity contribution in [2.75, 3.05) is 5.32 Å². The molecule has 6 nitrogen and oxygen atoms in total. The van der Waals surface area contributed by atoms with Gasteiger partial charge in [-0.3, -0.25) is 9.59 Å². The van der Waals surface area contributed by atoms with E-state index < -0.39 is 11.8 Å². The van der Waals surface area contributed by atoms with Crippen LogP contribution in [0.15, 0.2) is 77.9 Å². The van der Waals surface area contributed by atoms with Gasteiger partial charge >= 0.3 is 11.8 Å². The number of aryl methyl sites for hydroxylation is 1. The lowest BCUT2D eigenvalue weighted by Crippen LogP contribution is -2.32. The number of halogens is 1. The average Bonchev–Trinajstić information content (AvgIpc) is 2.75. The fourth-order valence-electron chi connectivity index (χ4n) is 2.59. The van der Waals surface area contributed by atoms with E-state index >= 15 is 0 Å². The van der Waals surface area contributed by atoms with E-state index in [2.05, 4.69) is 15.8 Å². The van der Waals surface area contributed by atoms with Crippen molar-refractivity contribution in [1.82, 2.24) is 5.43 Å². The van der Waals surface area contributed by atoms with Crippen molar-refractivity contribution in [3.63, 3.8) is 0 Å². The number of hydrogen-bond donors (Lipinski definition) is 2. The number of hydrazone groups is 1. The number of carbonyl (C=O) groups excluding carboxylic acids is 2. The first kappa shape index (κ1) is 21.1. The third kappa shape index (κ3) is 5.68. The van der Waals surface area contributed by atoms with Crippen molar-refractivity contribution in [2.45, 2.75) is 13.5 Å². The summed E-state index contributed by atoms with van der Waals surface area (Å²) in [5.41, 5.74) is 5.14. The molecule has 3 aromatic rings. The number of ether oxygens (including phenoxy) is 1. The topological polar surface area (TPSA) is 79.8 Å². The van der Waals surface area contributed by atoms with E-state index in [4.69, 9.17) is 16.3 Å². The summed E-state index contributed by atoms with van der Waals surface area (Å²) in [6.07, 6.45) is 1.42. The van der Waals surface area contributed by atoms with Gasteiger partial charge in [-0.2, -0.15) is 5.10 Å². The fourth-order valence-corrected chi connectivity index (χ4v) is 2.78. The van der Waals surface area contributed by atoms with Crippen molar-refractivity contribution in [3.05, 3.63) is 94.5 Å². The standard InChI is InChI=1S/C23H20ClN3O3/c1-16-8-2-6-12-20(16)26-22(28)23(29)27-25-14-17-9-4-7-13-21(17)30-15-18-10-3-5-11-19(18)24/h2-14H,15H2,1H3,(H,26,28)(H,27,29)/b25-14-. The summed E-state index contributed by atoms with van der Waals surface area (Å²) in [5.74, 6) is -1.10. The van der Waals surface area contributed by atoms with Crippen LogP contribution in [0.1, 0.15) is 16.7 Å². The Morgan fingerprint density at radius 1 is 0.967 bits per heavy atom. The molecule has 0 aromatic heterocycles. The first-order valence-electron chi connectivity index (χ1n) is 9.20. The number of hydrogen-bond acceptors (Lipinski definition) is 4. The van der Waals surface area contributed by atoms with E-state index in [9.17, 15) is 9.59 Å². The first-order valence-corrected chi connectivity index (χ1v) is 9.57. The smallest absolute Gasteiger partial charge is 0.329 e. The second-order valence-corrected chi connectivity index (χ2v) is 6.79. The summed E-state index contributed by atoms with van der Waals surface area (Å²) in [6, 6.07) is 21.8. The van der Waals surface area contributed by atoms with Crippen LogP contribution in [0.2, 0.25) is 5.02 Å². The highest BCUT2D eigenvalue weighted by Gasteiger charge is 2.13. The molecule has 3 aromatic carbocycles. The van der Waals surface area contributed by atoms with Crippen LogP contribution in [-0.2, 0) is 16.2 Å². The largest absolute Gasteiger partial charge is 0.488 e. The molecule has 0 atom stereocenters. The Morgan fingerprint density at radius 3 is 2.47 bits per heavy atom. The highest BCUT2D eigenvalue weighted by Crippen LogP contribution is 2.21. The van der Waals surface area contributed by atoms with Gasteiger partial charge in [0.2, 0.25) is 0 Å². The number of nitrogens with zero attached hydrogens (tertiary/aromatic N) is 1. The van der Waals surface area contributed by atoms with Crippen LogP contribution in [-0.4, -0.2) is 18.0 Å². The zero-order chi connectivity index (χ0) is 21.3. The first-order chi connectivity index (χ1) is 14.5. The molecule has 2 N–H and O–H groups in total. The third-order valence-electron chi connectivity index (χ3n) is 4.23. The predicted molar refractivity (Wildman–Crippen MR) is 118 cm³/mol. The van der Waals surface area contributed by atoms with Crippen molar-refractivity contribution in [1.29, 1.82) is 0 Å². The van der Waals surface area contributed by atoms with E-state index in [0.29, 0.717) is 22.0 Å². The molecule has 0 saturated carbocycles. The zero-order valence-electron chi connectivity index (χ0n) is 16.3. The predicted octanol–water partition coefficient (Wildman–Crippen LogP) is 4.32. The highest BCUT2D eigenvalue weighted by atomic mass is 35.5. The van der Waals surface area contributed by atoms with Crippen LogP contribution >= 0.6 is 11.6 Å². The SMILES string of the molecule is Cc1ccccc1NC(=O)C(=O)N/N=C\c1ccccc1OCc1ccccc1Cl. The number of amides is 2. The Balaban J connectivity index is 1.59. The van der Waals surface area contributed by atoms with Gasteiger partial charge in [-0.1, -0.05) is 60.1 Å². The molecule has 2 amide bonds. The molecule has 0 saturated heterocycles. The molecule has 152 valence electrons. The van der Waals surface area contributed by atoms with Crippen molar-refractivity contribution in [3.8, 4) is 5.75 Å². The lowest BCUT2D eigenvalue weighted by Gasteiger charge is -2.10. The lowest BCUT2D eigenvalue weighted by atomic mass is 10.2. The van der Waals surface area contributed by atoms with E-state index in [1.165, 1.54) is 6.21 Å². The van der Waals surface area contributed by atoms with Gasteiger partial charge in [-0.05, 0) is 36.8 Å². The van der Waals surface area contributed by atoms with Crippen LogP contribution < -0.4 is 15.5 Å². The minimum Gasteiger partial charge on any atom is -0.488 e. The van der Waals surface area contributed by atoms with Crippen LogP contribution in [0, 0.1) is 6.92 Å². The number of carbonyl (C=O) groups is 2. The van der Waals surface area contributed by atoms with Crippen LogP contribution in [0.4, 0.5) is 5.69 Å². The molecule has 0 aliphatic heterocycles. The molecule has 0 aliphatic rings. The minimum atomic E-state index is -0.871.